The van der Waals surface area contributed by atoms with Crippen LogP contribution in [0.25, 0.3) is 16.9 Å². The van der Waals surface area contributed by atoms with Crippen LogP contribution >= 0.6 is 11.6 Å². The highest BCUT2D eigenvalue weighted by Crippen LogP contribution is 2.35. The average molecular weight is 457 g/mol. The minimum Gasteiger partial charge on any atom is -0.333 e. The van der Waals surface area contributed by atoms with E-state index in [-0.39, 0.29) is 22.1 Å². The Balaban J connectivity index is 1.61. The van der Waals surface area contributed by atoms with E-state index in [2.05, 4.69) is 10.1 Å². The van der Waals surface area contributed by atoms with Crippen LogP contribution in [-0.2, 0) is 19.1 Å². The summed E-state index contributed by atoms with van der Waals surface area (Å²) < 4.78 is 42.2. The molecule has 0 fully saturated rings. The summed E-state index contributed by atoms with van der Waals surface area (Å²) >= 11 is 6.39. The summed E-state index contributed by atoms with van der Waals surface area (Å²) in [6.45, 7) is 0.767. The number of amides is 1. The van der Waals surface area contributed by atoms with Gasteiger partial charge in [0.2, 0.25) is 0 Å². The maximum atomic E-state index is 13.8. The molecule has 1 amide bonds. The van der Waals surface area contributed by atoms with E-state index in [0.717, 1.165) is 17.2 Å². The minimum absolute atomic E-state index is 0.0955. The van der Waals surface area contributed by atoms with Crippen molar-refractivity contribution < 1.29 is 18.0 Å². The van der Waals surface area contributed by atoms with E-state index in [0.29, 0.717) is 29.6 Å². The average Bonchev–Trinajstić information content (AvgIpc) is 3.14. The van der Waals surface area contributed by atoms with Crippen LogP contribution in [0.4, 0.5) is 13.2 Å². The Kier molecular flexibility index (Phi) is 4.89. The van der Waals surface area contributed by atoms with Crippen molar-refractivity contribution in [1.29, 1.82) is 0 Å². The summed E-state index contributed by atoms with van der Waals surface area (Å²) in [7, 11) is 0. The second kappa shape index (κ2) is 7.63. The van der Waals surface area contributed by atoms with E-state index in [4.69, 9.17) is 11.6 Å². The van der Waals surface area contributed by atoms with Crippen molar-refractivity contribution in [1.82, 2.24) is 19.5 Å². The van der Waals surface area contributed by atoms with Crippen molar-refractivity contribution in [3.8, 4) is 11.3 Å². The van der Waals surface area contributed by atoms with Gasteiger partial charge in [0.05, 0.1) is 5.69 Å². The molecule has 0 saturated carbocycles. The molecule has 0 saturated heterocycles. The Morgan fingerprint density at radius 2 is 1.69 bits per heavy atom. The first-order chi connectivity index (χ1) is 15.3. The van der Waals surface area contributed by atoms with Crippen molar-refractivity contribution in [2.75, 3.05) is 6.54 Å². The molecule has 0 radical (unpaired) electrons. The van der Waals surface area contributed by atoms with Crippen LogP contribution in [0.15, 0.2) is 60.7 Å². The van der Waals surface area contributed by atoms with Gasteiger partial charge < -0.3 is 4.90 Å². The molecule has 162 valence electrons. The monoisotopic (exact) mass is 456 g/mol. The zero-order valence-corrected chi connectivity index (χ0v) is 17.4. The third-order valence-electron chi connectivity index (χ3n) is 5.51. The number of carbonyl (C=O) groups is 1. The summed E-state index contributed by atoms with van der Waals surface area (Å²) in [6.07, 6.45) is -4.07. The van der Waals surface area contributed by atoms with Gasteiger partial charge in [0.25, 0.3) is 5.91 Å². The van der Waals surface area contributed by atoms with Crippen molar-refractivity contribution in [3.63, 3.8) is 0 Å². The van der Waals surface area contributed by atoms with E-state index in [1.54, 1.807) is 35.2 Å². The number of alkyl halides is 3. The molecule has 5 rings (SSSR count). The Morgan fingerprint density at radius 3 is 2.41 bits per heavy atom. The molecule has 1 aliphatic heterocycles. The van der Waals surface area contributed by atoms with E-state index < -0.39 is 17.8 Å². The Bertz CT molecular complexity index is 1330. The number of rotatable bonds is 2. The quantitative estimate of drug-likeness (QED) is 0.413. The summed E-state index contributed by atoms with van der Waals surface area (Å²) in [5, 5.41) is 3.76. The van der Waals surface area contributed by atoms with Crippen molar-refractivity contribution in [3.05, 3.63) is 88.2 Å². The smallest absolute Gasteiger partial charge is 0.333 e. The van der Waals surface area contributed by atoms with Gasteiger partial charge in [-0.1, -0.05) is 66.2 Å². The SMILES string of the molecule is O=C(c1nn2c(C(F)(F)F)cc(-c3ccccc3)nc2c1Cl)N1CCc2ccccc2C1. The molecule has 2 aromatic carbocycles. The molecule has 0 spiro atoms. The summed E-state index contributed by atoms with van der Waals surface area (Å²) in [5.41, 5.74) is 1.23. The summed E-state index contributed by atoms with van der Waals surface area (Å²) in [6, 6.07) is 17.1. The van der Waals surface area contributed by atoms with Gasteiger partial charge in [-0.25, -0.2) is 9.50 Å². The molecule has 1 aliphatic rings. The van der Waals surface area contributed by atoms with Crippen LogP contribution in [0.2, 0.25) is 5.02 Å². The van der Waals surface area contributed by atoms with Crippen molar-refractivity contribution >= 4 is 23.2 Å². The molecule has 3 heterocycles. The van der Waals surface area contributed by atoms with Crippen molar-refractivity contribution in [2.45, 2.75) is 19.1 Å². The molecule has 0 N–H and O–H groups in total. The first-order valence-electron chi connectivity index (χ1n) is 9.91. The highest BCUT2D eigenvalue weighted by molar-refractivity contribution is 6.36. The van der Waals surface area contributed by atoms with Gasteiger partial charge in [-0.15, -0.1) is 0 Å². The second-order valence-corrected chi connectivity index (χ2v) is 7.91. The molecule has 32 heavy (non-hydrogen) atoms. The van der Waals surface area contributed by atoms with Gasteiger partial charge in [0.15, 0.2) is 17.0 Å². The zero-order chi connectivity index (χ0) is 22.5. The predicted octanol–water partition coefficient (Wildman–Crippen LogP) is 5.27. The third kappa shape index (κ3) is 3.50. The normalized spacial score (nSPS) is 13.9. The molecule has 0 unspecified atom stereocenters. The molecule has 5 nitrogen and oxygen atoms in total. The Morgan fingerprint density at radius 1 is 1.00 bits per heavy atom. The molecular weight excluding hydrogens is 441 g/mol. The van der Waals surface area contributed by atoms with Crippen LogP contribution < -0.4 is 0 Å². The number of fused-ring (bicyclic) bond motifs is 2. The number of aromatic nitrogens is 3. The van der Waals surface area contributed by atoms with E-state index >= 15 is 0 Å². The van der Waals surface area contributed by atoms with Gasteiger partial charge >= 0.3 is 6.18 Å². The lowest BCUT2D eigenvalue weighted by molar-refractivity contribution is -0.142. The number of carbonyl (C=O) groups excluding carboxylic acids is 1. The third-order valence-corrected chi connectivity index (χ3v) is 5.86. The Hall–Kier alpha value is -3.39. The first kappa shape index (κ1) is 20.5. The van der Waals surface area contributed by atoms with E-state index in [1.165, 1.54) is 0 Å². The number of hydrogen-bond donors (Lipinski definition) is 0. The van der Waals surface area contributed by atoms with Gasteiger partial charge in [-0.2, -0.15) is 18.3 Å². The number of nitrogens with zero attached hydrogens (tertiary/aromatic N) is 4. The first-order valence-corrected chi connectivity index (χ1v) is 10.3. The number of halogens is 4. The summed E-state index contributed by atoms with van der Waals surface area (Å²) in [5.74, 6) is -0.524. The molecule has 0 bridgehead atoms. The minimum atomic E-state index is -4.72. The lowest BCUT2D eigenvalue weighted by atomic mass is 10.00. The number of benzene rings is 2. The fourth-order valence-corrected chi connectivity index (χ4v) is 4.15. The Labute approximate surface area is 186 Å². The summed E-state index contributed by atoms with van der Waals surface area (Å²) in [4.78, 5) is 19.0. The lowest BCUT2D eigenvalue weighted by Crippen LogP contribution is -2.36. The van der Waals surface area contributed by atoms with E-state index in [9.17, 15) is 18.0 Å². The second-order valence-electron chi connectivity index (χ2n) is 7.53. The lowest BCUT2D eigenvalue weighted by Gasteiger charge is -2.28. The molecule has 2 aromatic heterocycles. The fourth-order valence-electron chi connectivity index (χ4n) is 3.91. The zero-order valence-electron chi connectivity index (χ0n) is 16.6. The van der Waals surface area contributed by atoms with Gasteiger partial charge in [-0.05, 0) is 23.6 Å². The molecular formula is C23H16ClF3N4O. The topological polar surface area (TPSA) is 50.5 Å². The van der Waals surface area contributed by atoms with Crippen LogP contribution in [0.1, 0.15) is 27.3 Å². The number of hydrogen-bond acceptors (Lipinski definition) is 3. The fraction of sp³-hybridized carbons (Fsp3) is 0.174. The van der Waals surface area contributed by atoms with Gasteiger partial charge in [0.1, 0.15) is 5.02 Å². The molecule has 0 aliphatic carbocycles. The van der Waals surface area contributed by atoms with Crippen LogP contribution in [0, 0.1) is 0 Å². The molecule has 9 heteroatoms. The van der Waals surface area contributed by atoms with Gasteiger partial charge in [-0.3, -0.25) is 4.79 Å². The molecule has 0 atom stereocenters. The predicted molar refractivity (Wildman–Crippen MR) is 113 cm³/mol. The van der Waals surface area contributed by atoms with E-state index in [1.807, 2.05) is 24.3 Å². The van der Waals surface area contributed by atoms with Gasteiger partial charge in [0, 0.05) is 18.7 Å². The largest absolute Gasteiger partial charge is 0.433 e. The van der Waals surface area contributed by atoms with Crippen LogP contribution in [0.3, 0.4) is 0 Å². The van der Waals surface area contributed by atoms with Crippen LogP contribution in [0.5, 0.6) is 0 Å². The highest BCUT2D eigenvalue weighted by Gasteiger charge is 2.37. The maximum absolute atomic E-state index is 13.8. The molecule has 4 aromatic rings. The van der Waals surface area contributed by atoms with Crippen molar-refractivity contribution in [2.24, 2.45) is 0 Å². The maximum Gasteiger partial charge on any atom is 0.433 e. The highest BCUT2D eigenvalue weighted by atomic mass is 35.5. The standard InChI is InChI=1S/C23H16ClF3N4O/c24-19-20(22(32)30-11-10-14-6-4-5-9-16(14)13-30)29-31-18(23(25,26)27)12-17(28-21(19)31)15-7-2-1-3-8-15/h1-9,12H,10-11,13H2. The van der Waals surface area contributed by atoms with Crippen LogP contribution in [-0.4, -0.2) is 31.9 Å².